The number of halogens is 1. The van der Waals surface area contributed by atoms with E-state index in [2.05, 4.69) is 6.58 Å². The maximum absolute atomic E-state index is 13.5. The highest BCUT2D eigenvalue weighted by atomic mass is 19.1. The Morgan fingerprint density at radius 3 is 2.94 bits per heavy atom. The first-order valence-corrected chi connectivity index (χ1v) is 5.45. The van der Waals surface area contributed by atoms with Crippen LogP contribution in [0.25, 0.3) is 0 Å². The van der Waals surface area contributed by atoms with Gasteiger partial charge in [0.05, 0.1) is 0 Å². The molecule has 0 aromatic heterocycles. The van der Waals surface area contributed by atoms with Crippen molar-refractivity contribution in [1.82, 2.24) is 0 Å². The second-order valence-electron chi connectivity index (χ2n) is 3.70. The van der Waals surface area contributed by atoms with E-state index in [9.17, 15) is 4.39 Å². The third-order valence-corrected chi connectivity index (χ3v) is 2.40. The van der Waals surface area contributed by atoms with E-state index in [-0.39, 0.29) is 11.9 Å². The van der Waals surface area contributed by atoms with Crippen molar-refractivity contribution in [3.05, 3.63) is 42.2 Å². The Morgan fingerprint density at radius 2 is 2.31 bits per heavy atom. The highest BCUT2D eigenvalue weighted by Crippen LogP contribution is 2.24. The van der Waals surface area contributed by atoms with Crippen molar-refractivity contribution in [3.63, 3.8) is 0 Å². The monoisotopic (exact) mass is 223 g/mol. The van der Waals surface area contributed by atoms with Gasteiger partial charge >= 0.3 is 0 Å². The van der Waals surface area contributed by atoms with E-state index in [4.69, 9.17) is 10.5 Å². The maximum atomic E-state index is 13.5. The number of hydrogen-bond acceptors (Lipinski definition) is 2. The van der Waals surface area contributed by atoms with Crippen molar-refractivity contribution in [3.8, 4) is 5.75 Å². The predicted molar refractivity (Wildman–Crippen MR) is 64.1 cm³/mol. The molecule has 0 amide bonds. The molecule has 0 radical (unpaired) electrons. The topological polar surface area (TPSA) is 35.2 Å². The first kappa shape index (κ1) is 12.7. The molecule has 1 rings (SSSR count). The number of para-hydroxylation sites is 1. The fraction of sp³-hybridized carbons (Fsp3) is 0.385. The molecule has 0 aliphatic carbocycles. The van der Waals surface area contributed by atoms with Crippen molar-refractivity contribution in [2.75, 3.05) is 6.61 Å². The van der Waals surface area contributed by atoms with Crippen molar-refractivity contribution in [2.24, 2.45) is 5.73 Å². The van der Waals surface area contributed by atoms with E-state index >= 15 is 0 Å². The summed E-state index contributed by atoms with van der Waals surface area (Å²) in [7, 11) is 0. The van der Waals surface area contributed by atoms with Gasteiger partial charge in [0, 0.05) is 6.04 Å². The molecule has 3 heteroatoms. The van der Waals surface area contributed by atoms with Crippen molar-refractivity contribution in [1.29, 1.82) is 0 Å². The van der Waals surface area contributed by atoms with Gasteiger partial charge in [-0.05, 0) is 24.5 Å². The van der Waals surface area contributed by atoms with E-state index in [1.165, 1.54) is 6.07 Å². The van der Waals surface area contributed by atoms with E-state index in [1.807, 2.05) is 13.0 Å². The molecular weight excluding hydrogens is 205 g/mol. The van der Waals surface area contributed by atoms with Gasteiger partial charge in [0.25, 0.3) is 0 Å². The van der Waals surface area contributed by atoms with Crippen LogP contribution in [0.3, 0.4) is 0 Å². The van der Waals surface area contributed by atoms with Gasteiger partial charge in [-0.2, -0.15) is 0 Å². The van der Waals surface area contributed by atoms with Crippen LogP contribution in [0, 0.1) is 5.82 Å². The quantitative estimate of drug-likeness (QED) is 0.752. The second kappa shape index (κ2) is 6.28. The van der Waals surface area contributed by atoms with Crippen molar-refractivity contribution in [2.45, 2.75) is 25.8 Å². The Labute approximate surface area is 95.9 Å². The van der Waals surface area contributed by atoms with Crippen LogP contribution in [0.5, 0.6) is 5.75 Å². The molecule has 1 atom stereocenters. The Hall–Kier alpha value is -1.35. The summed E-state index contributed by atoms with van der Waals surface area (Å²) in [5.41, 5.74) is 6.67. The van der Waals surface area contributed by atoms with Crippen LogP contribution in [0.4, 0.5) is 4.39 Å². The summed E-state index contributed by atoms with van der Waals surface area (Å²) in [6, 6.07) is 4.94. The van der Waals surface area contributed by atoms with E-state index < -0.39 is 0 Å². The Kier molecular flexibility index (Phi) is 4.99. The van der Waals surface area contributed by atoms with Crippen molar-refractivity contribution >= 4 is 0 Å². The zero-order chi connectivity index (χ0) is 12.0. The van der Waals surface area contributed by atoms with Crippen molar-refractivity contribution < 1.29 is 9.13 Å². The fourth-order valence-electron chi connectivity index (χ4n) is 1.44. The Bertz CT molecular complexity index is 352. The van der Waals surface area contributed by atoms with Crippen LogP contribution in [0.1, 0.15) is 18.9 Å². The van der Waals surface area contributed by atoms with Crippen LogP contribution < -0.4 is 10.5 Å². The van der Waals surface area contributed by atoms with Crippen LogP contribution in [0.15, 0.2) is 30.9 Å². The van der Waals surface area contributed by atoms with Gasteiger partial charge in [-0.3, -0.25) is 0 Å². The highest BCUT2D eigenvalue weighted by Gasteiger charge is 2.11. The summed E-state index contributed by atoms with van der Waals surface area (Å²) in [5, 5.41) is 0. The normalized spacial score (nSPS) is 12.2. The summed E-state index contributed by atoms with van der Waals surface area (Å²) in [6.45, 7) is 5.85. The molecule has 0 aliphatic heterocycles. The minimum atomic E-state index is -0.345. The third-order valence-electron chi connectivity index (χ3n) is 2.40. The first-order valence-electron chi connectivity index (χ1n) is 5.45. The van der Waals surface area contributed by atoms with E-state index in [0.717, 1.165) is 12.0 Å². The van der Waals surface area contributed by atoms with Gasteiger partial charge in [0.1, 0.15) is 6.61 Å². The summed E-state index contributed by atoms with van der Waals surface area (Å²) >= 11 is 0. The summed E-state index contributed by atoms with van der Waals surface area (Å²) < 4.78 is 18.8. The lowest BCUT2D eigenvalue weighted by atomic mass is 10.0. The Morgan fingerprint density at radius 1 is 1.56 bits per heavy atom. The molecule has 0 spiro atoms. The second-order valence-corrected chi connectivity index (χ2v) is 3.70. The van der Waals surface area contributed by atoms with Crippen LogP contribution in [-0.4, -0.2) is 12.6 Å². The van der Waals surface area contributed by atoms with Crippen LogP contribution in [0.2, 0.25) is 0 Å². The van der Waals surface area contributed by atoms with Gasteiger partial charge in [0.15, 0.2) is 11.6 Å². The number of benzene rings is 1. The zero-order valence-electron chi connectivity index (χ0n) is 9.58. The minimum Gasteiger partial charge on any atom is -0.486 e. The largest absolute Gasteiger partial charge is 0.486 e. The summed E-state index contributed by atoms with van der Waals surface area (Å²) in [4.78, 5) is 0. The number of ether oxygens (including phenoxy) is 1. The molecule has 0 saturated carbocycles. The average molecular weight is 223 g/mol. The lowest BCUT2D eigenvalue weighted by Gasteiger charge is -2.14. The molecule has 2 N–H and O–H groups in total. The molecule has 16 heavy (non-hydrogen) atoms. The fourth-order valence-corrected chi connectivity index (χ4v) is 1.44. The van der Waals surface area contributed by atoms with E-state index in [1.54, 1.807) is 12.1 Å². The standard InChI is InChI=1S/C13H18FNO/c1-3-8-16-13-10(9-11(15)4-2)6-5-7-12(13)14/h3,5-7,11H,1,4,8-9,15H2,2H3. The molecule has 0 fully saturated rings. The van der Waals surface area contributed by atoms with Crippen LogP contribution >= 0.6 is 0 Å². The number of nitrogens with two attached hydrogens (primary N) is 1. The van der Waals surface area contributed by atoms with Gasteiger partial charge in [-0.25, -0.2) is 4.39 Å². The first-order chi connectivity index (χ1) is 7.69. The molecule has 1 unspecified atom stereocenters. The Balaban J connectivity index is 2.88. The molecule has 0 aliphatic rings. The number of rotatable bonds is 6. The summed E-state index contributed by atoms with van der Waals surface area (Å²) in [5.74, 6) is -0.0473. The lowest BCUT2D eigenvalue weighted by molar-refractivity contribution is 0.336. The molecule has 88 valence electrons. The summed E-state index contributed by atoms with van der Waals surface area (Å²) in [6.07, 6.45) is 3.08. The van der Waals surface area contributed by atoms with Gasteiger partial charge in [0.2, 0.25) is 0 Å². The molecule has 0 saturated heterocycles. The molecule has 2 nitrogen and oxygen atoms in total. The highest BCUT2D eigenvalue weighted by molar-refractivity contribution is 5.35. The van der Waals surface area contributed by atoms with Gasteiger partial charge in [-0.1, -0.05) is 31.7 Å². The predicted octanol–water partition coefficient (Wildman–Crippen LogP) is 2.67. The SMILES string of the molecule is C=CCOc1c(F)cccc1CC(N)CC. The molecular formula is C13H18FNO. The van der Waals surface area contributed by atoms with Crippen LogP contribution in [-0.2, 0) is 6.42 Å². The molecule has 0 heterocycles. The smallest absolute Gasteiger partial charge is 0.165 e. The van der Waals surface area contributed by atoms with E-state index in [0.29, 0.717) is 18.8 Å². The van der Waals surface area contributed by atoms with Gasteiger partial charge < -0.3 is 10.5 Å². The molecule has 0 bridgehead atoms. The minimum absolute atomic E-state index is 0.0351. The third kappa shape index (κ3) is 3.35. The zero-order valence-corrected chi connectivity index (χ0v) is 9.58. The number of hydrogen-bond donors (Lipinski definition) is 1. The van der Waals surface area contributed by atoms with Gasteiger partial charge in [-0.15, -0.1) is 0 Å². The maximum Gasteiger partial charge on any atom is 0.165 e. The lowest BCUT2D eigenvalue weighted by Crippen LogP contribution is -2.22. The average Bonchev–Trinajstić information content (AvgIpc) is 2.28. The molecule has 1 aromatic carbocycles. The molecule has 1 aromatic rings.